The summed E-state index contributed by atoms with van der Waals surface area (Å²) in [6, 6.07) is 7.57. The summed E-state index contributed by atoms with van der Waals surface area (Å²) in [5.74, 6) is -0.0882. The highest BCUT2D eigenvalue weighted by Crippen LogP contribution is 2.24. The smallest absolute Gasteiger partial charge is 0.348 e. The topological polar surface area (TPSA) is 108 Å². The van der Waals surface area contributed by atoms with Gasteiger partial charge in [-0.3, -0.25) is 10.1 Å². The number of thiophene rings is 1. The molecule has 3 rings (SSSR count). The van der Waals surface area contributed by atoms with E-state index in [1.165, 1.54) is 35.6 Å². The first kappa shape index (κ1) is 17.7. The van der Waals surface area contributed by atoms with E-state index in [9.17, 15) is 14.9 Å². The second kappa shape index (κ2) is 7.44. The summed E-state index contributed by atoms with van der Waals surface area (Å²) in [5, 5.41) is 18.4. The van der Waals surface area contributed by atoms with Crippen LogP contribution >= 0.6 is 11.3 Å². The van der Waals surface area contributed by atoms with Gasteiger partial charge >= 0.3 is 5.97 Å². The molecule has 0 aliphatic carbocycles. The number of benzene rings is 1. The molecule has 2 heterocycles. The summed E-state index contributed by atoms with van der Waals surface area (Å²) in [4.78, 5) is 23.9. The van der Waals surface area contributed by atoms with Crippen molar-refractivity contribution in [3.63, 3.8) is 0 Å². The van der Waals surface area contributed by atoms with Crippen molar-refractivity contribution in [2.75, 3.05) is 0 Å². The number of non-ortho nitro benzene ring substituents is 1. The van der Waals surface area contributed by atoms with Crippen molar-refractivity contribution < 1.29 is 18.9 Å². The molecule has 8 nitrogen and oxygen atoms in total. The summed E-state index contributed by atoms with van der Waals surface area (Å²) in [6.45, 7) is 3.86. The van der Waals surface area contributed by atoms with Gasteiger partial charge in [-0.05, 0) is 37.1 Å². The number of ether oxygens (including phenoxy) is 1. The third kappa shape index (κ3) is 3.77. The van der Waals surface area contributed by atoms with Crippen LogP contribution in [0, 0.1) is 17.0 Å². The van der Waals surface area contributed by atoms with E-state index >= 15 is 0 Å². The standard InChI is InChI=1S/C17H15N3O5S/c1-3-11-8-14(26-10(11)2)17(21)24-9-15-18-19-16(25-15)12-4-6-13(7-5-12)20(22)23/h4-8H,3,9H2,1-2H3. The number of esters is 1. The summed E-state index contributed by atoms with van der Waals surface area (Å²) in [5.41, 5.74) is 1.64. The summed E-state index contributed by atoms with van der Waals surface area (Å²) in [7, 11) is 0. The Balaban J connectivity index is 1.64. The molecule has 3 aromatic rings. The molecule has 0 spiro atoms. The van der Waals surface area contributed by atoms with Crippen LogP contribution in [0.3, 0.4) is 0 Å². The van der Waals surface area contributed by atoms with Gasteiger partial charge in [0.05, 0.1) is 4.92 Å². The number of nitro benzene ring substituents is 1. The van der Waals surface area contributed by atoms with Crippen molar-refractivity contribution in [2.45, 2.75) is 26.9 Å². The zero-order valence-corrected chi connectivity index (χ0v) is 14.9. The number of nitrogens with zero attached hydrogens (tertiary/aromatic N) is 3. The molecule has 26 heavy (non-hydrogen) atoms. The fourth-order valence-corrected chi connectivity index (χ4v) is 3.33. The normalized spacial score (nSPS) is 10.7. The van der Waals surface area contributed by atoms with E-state index in [0.29, 0.717) is 10.4 Å². The molecule has 0 saturated heterocycles. The van der Waals surface area contributed by atoms with E-state index < -0.39 is 10.9 Å². The van der Waals surface area contributed by atoms with Crippen LogP contribution in [0.15, 0.2) is 34.7 Å². The first-order valence-electron chi connectivity index (χ1n) is 7.81. The molecule has 0 saturated carbocycles. The number of hydrogen-bond donors (Lipinski definition) is 0. The molecule has 9 heteroatoms. The maximum Gasteiger partial charge on any atom is 0.348 e. The average molecular weight is 373 g/mol. The molecule has 0 atom stereocenters. The number of nitro groups is 1. The predicted molar refractivity (Wildman–Crippen MR) is 93.9 cm³/mol. The minimum Gasteiger partial charge on any atom is -0.451 e. The second-order valence-electron chi connectivity index (χ2n) is 5.43. The van der Waals surface area contributed by atoms with E-state index in [2.05, 4.69) is 10.2 Å². The molecule has 0 radical (unpaired) electrons. The molecule has 0 aliphatic heterocycles. The lowest BCUT2D eigenvalue weighted by Gasteiger charge is -1.99. The maximum atomic E-state index is 12.1. The Hall–Kier alpha value is -3.07. The highest BCUT2D eigenvalue weighted by Gasteiger charge is 2.16. The zero-order valence-electron chi connectivity index (χ0n) is 14.1. The van der Waals surface area contributed by atoms with Crippen LogP contribution in [0.1, 0.15) is 32.9 Å². The molecular formula is C17H15N3O5S. The maximum absolute atomic E-state index is 12.1. The van der Waals surface area contributed by atoms with Crippen molar-refractivity contribution in [1.29, 1.82) is 0 Å². The van der Waals surface area contributed by atoms with Gasteiger partial charge in [0.25, 0.3) is 11.6 Å². The molecule has 0 fully saturated rings. The lowest BCUT2D eigenvalue weighted by Crippen LogP contribution is -2.03. The van der Waals surface area contributed by atoms with Crippen molar-refractivity contribution in [3.05, 3.63) is 61.7 Å². The number of aryl methyl sites for hydroxylation is 2. The van der Waals surface area contributed by atoms with Crippen LogP contribution in [0.4, 0.5) is 5.69 Å². The van der Waals surface area contributed by atoms with Gasteiger partial charge in [0, 0.05) is 22.6 Å². The summed E-state index contributed by atoms with van der Waals surface area (Å²) in [6.07, 6.45) is 0.859. The molecule has 2 aromatic heterocycles. The minimum absolute atomic E-state index is 0.0277. The van der Waals surface area contributed by atoms with E-state index in [1.807, 2.05) is 19.9 Å². The Labute approximate surface area is 152 Å². The highest BCUT2D eigenvalue weighted by atomic mass is 32.1. The first-order chi connectivity index (χ1) is 12.5. The van der Waals surface area contributed by atoms with Crippen molar-refractivity contribution in [2.24, 2.45) is 0 Å². The number of carbonyl (C=O) groups is 1. The number of aromatic nitrogens is 2. The fourth-order valence-electron chi connectivity index (χ4n) is 2.32. The van der Waals surface area contributed by atoms with Crippen LogP contribution in [-0.2, 0) is 17.8 Å². The largest absolute Gasteiger partial charge is 0.451 e. The van der Waals surface area contributed by atoms with Gasteiger partial charge in [0.1, 0.15) is 4.88 Å². The van der Waals surface area contributed by atoms with Crippen LogP contribution in [0.2, 0.25) is 0 Å². The third-order valence-electron chi connectivity index (χ3n) is 3.72. The molecule has 0 unspecified atom stereocenters. The first-order valence-corrected chi connectivity index (χ1v) is 8.63. The lowest BCUT2D eigenvalue weighted by molar-refractivity contribution is -0.384. The Morgan fingerprint density at radius 3 is 2.65 bits per heavy atom. The second-order valence-corrected chi connectivity index (χ2v) is 6.68. The SMILES string of the molecule is CCc1cc(C(=O)OCc2nnc(-c3ccc([N+](=O)[O-])cc3)o2)sc1C. The molecule has 1 aromatic carbocycles. The summed E-state index contributed by atoms with van der Waals surface area (Å²) < 4.78 is 10.7. The molecule has 0 bridgehead atoms. The quantitative estimate of drug-likeness (QED) is 0.366. The molecule has 0 aliphatic rings. The van der Waals surface area contributed by atoms with Crippen LogP contribution in [-0.4, -0.2) is 21.1 Å². The number of hydrogen-bond acceptors (Lipinski definition) is 8. The van der Waals surface area contributed by atoms with Crippen molar-refractivity contribution in [1.82, 2.24) is 10.2 Å². The highest BCUT2D eigenvalue weighted by molar-refractivity contribution is 7.14. The minimum atomic E-state index is -0.487. The Morgan fingerprint density at radius 1 is 1.31 bits per heavy atom. The number of rotatable bonds is 6. The fraction of sp³-hybridized carbons (Fsp3) is 0.235. The molecular weight excluding hydrogens is 358 g/mol. The molecule has 134 valence electrons. The van der Waals surface area contributed by atoms with Gasteiger partial charge in [-0.2, -0.15) is 0 Å². The van der Waals surface area contributed by atoms with Crippen molar-refractivity contribution in [3.8, 4) is 11.5 Å². The van der Waals surface area contributed by atoms with Crippen LogP contribution in [0.5, 0.6) is 0 Å². The van der Waals surface area contributed by atoms with Gasteiger partial charge in [0.15, 0.2) is 6.61 Å². The van der Waals surface area contributed by atoms with Crippen LogP contribution in [0.25, 0.3) is 11.5 Å². The van der Waals surface area contributed by atoms with Gasteiger partial charge in [0.2, 0.25) is 5.89 Å². The lowest BCUT2D eigenvalue weighted by atomic mass is 10.2. The van der Waals surface area contributed by atoms with E-state index in [1.54, 1.807) is 0 Å². The Morgan fingerprint density at radius 2 is 2.04 bits per heavy atom. The summed E-state index contributed by atoms with van der Waals surface area (Å²) >= 11 is 1.39. The van der Waals surface area contributed by atoms with Gasteiger partial charge < -0.3 is 9.15 Å². The third-order valence-corrected chi connectivity index (χ3v) is 4.79. The number of carbonyl (C=O) groups excluding carboxylic acids is 1. The van der Waals surface area contributed by atoms with Crippen molar-refractivity contribution >= 4 is 23.0 Å². The predicted octanol–water partition coefficient (Wildman–Crippen LogP) is 3.93. The monoisotopic (exact) mass is 373 g/mol. The average Bonchev–Trinajstić information content (AvgIpc) is 3.26. The van der Waals surface area contributed by atoms with Gasteiger partial charge in [-0.15, -0.1) is 21.5 Å². The van der Waals surface area contributed by atoms with E-state index in [-0.39, 0.29) is 24.1 Å². The Kier molecular flexibility index (Phi) is 5.08. The van der Waals surface area contributed by atoms with E-state index in [4.69, 9.17) is 9.15 Å². The Bertz CT molecular complexity index is 946. The molecule has 0 N–H and O–H groups in total. The van der Waals surface area contributed by atoms with E-state index in [0.717, 1.165) is 16.9 Å². The molecule has 0 amide bonds. The van der Waals surface area contributed by atoms with Gasteiger partial charge in [-0.1, -0.05) is 6.92 Å². The van der Waals surface area contributed by atoms with Crippen LogP contribution < -0.4 is 0 Å². The van der Waals surface area contributed by atoms with Gasteiger partial charge in [-0.25, -0.2) is 4.79 Å². The zero-order chi connectivity index (χ0) is 18.7.